The van der Waals surface area contributed by atoms with Gasteiger partial charge in [0.2, 0.25) is 17.8 Å². The first-order valence-electron chi connectivity index (χ1n) is 11.0. The van der Waals surface area contributed by atoms with Crippen LogP contribution in [-0.4, -0.2) is 49.1 Å². The summed E-state index contributed by atoms with van der Waals surface area (Å²) >= 11 is 7.42. The van der Waals surface area contributed by atoms with Crippen LogP contribution in [0, 0.1) is 20.8 Å². The zero-order valence-electron chi connectivity index (χ0n) is 19.6. The average molecular weight is 509 g/mol. The minimum absolute atomic E-state index is 0.138. The molecular weight excluding hydrogens is 484 g/mol. The molecule has 4 rings (SSSR count). The van der Waals surface area contributed by atoms with E-state index in [1.54, 1.807) is 6.20 Å². The summed E-state index contributed by atoms with van der Waals surface area (Å²) in [5, 5.41) is 8.16. The highest BCUT2D eigenvalue weighted by Crippen LogP contribution is 2.22. The number of thioether (sulfide) groups is 1. The number of amides is 1. The Hall–Kier alpha value is -3.50. The smallest absolute Gasteiger partial charge is 0.237 e. The number of anilines is 1. The molecule has 0 atom stereocenters. The number of fused-ring (bicyclic) bond motifs is 1. The molecule has 9 nitrogen and oxygen atoms in total. The van der Waals surface area contributed by atoms with E-state index in [0.717, 1.165) is 33.5 Å². The molecule has 0 unspecified atom stereocenters. The molecule has 35 heavy (non-hydrogen) atoms. The first-order valence-corrected chi connectivity index (χ1v) is 12.3. The van der Waals surface area contributed by atoms with Crippen LogP contribution >= 0.6 is 23.4 Å². The van der Waals surface area contributed by atoms with Crippen molar-refractivity contribution in [1.29, 1.82) is 0 Å². The third-order valence-corrected chi connectivity index (χ3v) is 6.05. The second-order valence-corrected chi connectivity index (χ2v) is 9.28. The number of aliphatic imine (C=N–C) groups is 1. The van der Waals surface area contributed by atoms with Crippen molar-refractivity contribution in [1.82, 2.24) is 30.2 Å². The van der Waals surface area contributed by atoms with Crippen molar-refractivity contribution in [3.63, 3.8) is 0 Å². The number of rotatable bonds is 7. The summed E-state index contributed by atoms with van der Waals surface area (Å²) in [6.07, 6.45) is 4.28. The van der Waals surface area contributed by atoms with E-state index in [9.17, 15) is 4.79 Å². The van der Waals surface area contributed by atoms with E-state index in [2.05, 4.69) is 40.5 Å². The normalized spacial score (nSPS) is 11.6. The van der Waals surface area contributed by atoms with Gasteiger partial charge in [0.15, 0.2) is 5.16 Å². The number of carbonyl (C=O) groups is 1. The summed E-state index contributed by atoms with van der Waals surface area (Å²) in [6, 6.07) is 9.42. The number of H-pyrrole nitrogens is 1. The predicted molar refractivity (Wildman–Crippen MR) is 140 cm³/mol. The lowest BCUT2D eigenvalue weighted by atomic mass is 10.1. The number of aryl methyl sites for hydroxylation is 3. The molecule has 0 saturated carbocycles. The Morgan fingerprint density at radius 3 is 2.66 bits per heavy atom. The third kappa shape index (κ3) is 7.00. The van der Waals surface area contributed by atoms with Crippen LogP contribution in [0.5, 0.6) is 0 Å². The van der Waals surface area contributed by atoms with Crippen LogP contribution in [0.2, 0.25) is 5.02 Å². The van der Waals surface area contributed by atoms with Gasteiger partial charge in [-0.1, -0.05) is 23.4 Å². The second kappa shape index (κ2) is 11.3. The first-order chi connectivity index (χ1) is 16.9. The molecule has 0 bridgehead atoms. The predicted octanol–water partition coefficient (Wildman–Crippen LogP) is 4.25. The van der Waals surface area contributed by atoms with Crippen molar-refractivity contribution in [2.24, 2.45) is 4.99 Å². The van der Waals surface area contributed by atoms with Gasteiger partial charge in [0.1, 0.15) is 0 Å². The minimum atomic E-state index is -0.241. The van der Waals surface area contributed by atoms with E-state index in [4.69, 9.17) is 11.6 Å². The summed E-state index contributed by atoms with van der Waals surface area (Å²) in [7, 11) is 0. The highest BCUT2D eigenvalue weighted by atomic mass is 35.5. The van der Waals surface area contributed by atoms with Gasteiger partial charge in [-0.25, -0.2) is 19.9 Å². The van der Waals surface area contributed by atoms with Crippen molar-refractivity contribution in [3.8, 4) is 0 Å². The molecule has 0 spiro atoms. The van der Waals surface area contributed by atoms with Gasteiger partial charge in [0.25, 0.3) is 0 Å². The zero-order chi connectivity index (χ0) is 24.8. The summed E-state index contributed by atoms with van der Waals surface area (Å²) in [5.41, 5.74) is 4.57. The number of halogens is 1. The molecule has 3 N–H and O–H groups in total. The van der Waals surface area contributed by atoms with Gasteiger partial charge in [-0.3, -0.25) is 20.4 Å². The number of aromatic amines is 1. The van der Waals surface area contributed by atoms with E-state index in [0.29, 0.717) is 29.1 Å². The maximum Gasteiger partial charge on any atom is 0.237 e. The Bertz CT molecular complexity index is 1370. The van der Waals surface area contributed by atoms with Gasteiger partial charge in [0, 0.05) is 51.9 Å². The molecule has 0 fully saturated rings. The number of guanidine groups is 1. The first kappa shape index (κ1) is 24.6. The van der Waals surface area contributed by atoms with Gasteiger partial charge < -0.3 is 4.98 Å². The highest BCUT2D eigenvalue weighted by molar-refractivity contribution is 7.99. The standard InChI is InChI=1S/C24H25ClN8OS/c1-14-6-8-27-24(31-14)35-13-21(34)32-22(33-23-29-15(2)10-16(3)30-23)26-9-7-17-12-28-20-5-4-18(25)11-19(17)20/h4-6,8,10-12,28H,7,9,13H2,1-3H3,(H2,26,29,30,32,33,34). The lowest BCUT2D eigenvalue weighted by Crippen LogP contribution is -2.38. The molecule has 1 amide bonds. The molecule has 3 aromatic heterocycles. The largest absolute Gasteiger partial charge is 0.361 e. The van der Waals surface area contributed by atoms with Crippen LogP contribution in [0.15, 0.2) is 52.9 Å². The Morgan fingerprint density at radius 1 is 1.09 bits per heavy atom. The van der Waals surface area contributed by atoms with Gasteiger partial charge in [-0.15, -0.1) is 0 Å². The quantitative estimate of drug-likeness (QED) is 0.148. The van der Waals surface area contributed by atoms with Crippen molar-refractivity contribution in [3.05, 3.63) is 70.4 Å². The monoisotopic (exact) mass is 508 g/mol. The highest BCUT2D eigenvalue weighted by Gasteiger charge is 2.11. The fraction of sp³-hybridized carbons (Fsp3) is 0.250. The number of carbonyl (C=O) groups excluding carboxylic acids is 1. The van der Waals surface area contributed by atoms with Crippen molar-refractivity contribution in [2.45, 2.75) is 32.3 Å². The molecule has 0 aliphatic rings. The molecule has 11 heteroatoms. The molecule has 1 aromatic carbocycles. The minimum Gasteiger partial charge on any atom is -0.361 e. The van der Waals surface area contributed by atoms with Crippen molar-refractivity contribution < 1.29 is 4.79 Å². The maximum atomic E-state index is 12.7. The van der Waals surface area contributed by atoms with E-state index in [1.165, 1.54) is 11.8 Å². The van der Waals surface area contributed by atoms with E-state index in [-0.39, 0.29) is 17.6 Å². The maximum absolute atomic E-state index is 12.7. The summed E-state index contributed by atoms with van der Waals surface area (Å²) in [5.74, 6) is 0.548. The number of nitrogens with zero attached hydrogens (tertiary/aromatic N) is 5. The Morgan fingerprint density at radius 2 is 1.89 bits per heavy atom. The van der Waals surface area contributed by atoms with Crippen LogP contribution in [0.1, 0.15) is 22.6 Å². The van der Waals surface area contributed by atoms with E-state index >= 15 is 0 Å². The van der Waals surface area contributed by atoms with Gasteiger partial charge in [-0.2, -0.15) is 0 Å². The van der Waals surface area contributed by atoms with Crippen molar-refractivity contribution >= 4 is 52.1 Å². The number of aromatic nitrogens is 5. The molecule has 0 aliphatic carbocycles. The molecule has 3 heterocycles. The van der Waals surface area contributed by atoms with Crippen LogP contribution in [0.3, 0.4) is 0 Å². The SMILES string of the molecule is Cc1cc(C)nc(NC(=NCCc2c[nH]c3ccc(Cl)cc23)NC(=O)CSc2nccc(C)n2)n1. The molecule has 4 aromatic rings. The lowest BCUT2D eigenvalue weighted by Gasteiger charge is -2.11. The summed E-state index contributed by atoms with van der Waals surface area (Å²) in [4.78, 5) is 37.8. The fourth-order valence-corrected chi connectivity index (χ4v) is 4.29. The van der Waals surface area contributed by atoms with E-state index in [1.807, 2.05) is 57.3 Å². The third-order valence-electron chi connectivity index (χ3n) is 4.96. The van der Waals surface area contributed by atoms with Crippen LogP contribution in [-0.2, 0) is 11.2 Å². The van der Waals surface area contributed by atoms with Crippen molar-refractivity contribution in [2.75, 3.05) is 17.6 Å². The molecule has 180 valence electrons. The molecular formula is C24H25ClN8OS. The van der Waals surface area contributed by atoms with Crippen LogP contribution in [0.25, 0.3) is 10.9 Å². The van der Waals surface area contributed by atoms with Gasteiger partial charge in [0.05, 0.1) is 5.75 Å². The zero-order valence-corrected chi connectivity index (χ0v) is 21.2. The molecule has 0 saturated heterocycles. The van der Waals surface area contributed by atoms with Crippen LogP contribution in [0.4, 0.5) is 5.95 Å². The topological polar surface area (TPSA) is 121 Å². The number of nitrogens with one attached hydrogen (secondary N) is 3. The van der Waals surface area contributed by atoms with Crippen LogP contribution < -0.4 is 10.6 Å². The molecule has 0 aliphatic heterocycles. The fourth-order valence-electron chi connectivity index (χ4n) is 3.44. The van der Waals surface area contributed by atoms with E-state index < -0.39 is 0 Å². The number of hydrogen-bond acceptors (Lipinski definition) is 7. The summed E-state index contributed by atoms with van der Waals surface area (Å²) < 4.78 is 0. The summed E-state index contributed by atoms with van der Waals surface area (Å²) in [6.45, 7) is 6.08. The second-order valence-electron chi connectivity index (χ2n) is 7.90. The molecule has 0 radical (unpaired) electrons. The average Bonchev–Trinajstić information content (AvgIpc) is 3.19. The van der Waals surface area contributed by atoms with Gasteiger partial charge in [-0.05, 0) is 63.1 Å². The van der Waals surface area contributed by atoms with Gasteiger partial charge >= 0.3 is 0 Å². The lowest BCUT2D eigenvalue weighted by molar-refractivity contribution is -0.117. The Labute approximate surface area is 212 Å². The number of hydrogen-bond donors (Lipinski definition) is 3. The Balaban J connectivity index is 1.46. The number of benzene rings is 1. The Kier molecular flexibility index (Phi) is 7.94.